The maximum Gasteiger partial charge on any atom is 0.237 e. The molecule has 4 unspecified atom stereocenters. The number of fused-ring (bicyclic) bond motifs is 1. The van der Waals surface area contributed by atoms with Gasteiger partial charge in [0, 0.05) is 19.2 Å². The van der Waals surface area contributed by atoms with Gasteiger partial charge in [-0.1, -0.05) is 12.8 Å². The van der Waals surface area contributed by atoms with Gasteiger partial charge in [0.1, 0.15) is 0 Å². The van der Waals surface area contributed by atoms with Gasteiger partial charge < -0.3 is 15.4 Å². The number of carbonyl (C=O) groups is 1. The van der Waals surface area contributed by atoms with E-state index in [0.29, 0.717) is 19.2 Å². The van der Waals surface area contributed by atoms with Crippen LogP contribution in [0.3, 0.4) is 0 Å². The third kappa shape index (κ3) is 3.45. The molecule has 0 aromatic rings. The van der Waals surface area contributed by atoms with Crippen molar-refractivity contribution in [3.8, 4) is 0 Å². The molecule has 0 spiro atoms. The molecule has 0 aromatic carbocycles. The fraction of sp³-hybridized carbons (Fsp3) is 0.929. The lowest BCUT2D eigenvalue weighted by atomic mass is 9.85. The summed E-state index contributed by atoms with van der Waals surface area (Å²) in [6.07, 6.45) is 6.28. The first-order valence-corrected chi connectivity index (χ1v) is 7.36. The van der Waals surface area contributed by atoms with Gasteiger partial charge in [-0.2, -0.15) is 0 Å². The zero-order valence-electron chi connectivity index (χ0n) is 11.6. The highest BCUT2D eigenvalue weighted by atomic mass is 16.5. The Morgan fingerprint density at radius 3 is 2.94 bits per heavy atom. The fourth-order valence-corrected chi connectivity index (χ4v) is 3.23. The molecule has 2 fully saturated rings. The molecule has 4 heteroatoms. The van der Waals surface area contributed by atoms with Crippen LogP contribution in [-0.4, -0.2) is 37.2 Å². The molecule has 1 heterocycles. The summed E-state index contributed by atoms with van der Waals surface area (Å²) in [6.45, 7) is 5.27. The maximum atomic E-state index is 12.1. The zero-order valence-corrected chi connectivity index (χ0v) is 11.6. The summed E-state index contributed by atoms with van der Waals surface area (Å²) < 4.78 is 5.41. The van der Waals surface area contributed by atoms with Gasteiger partial charge in [0.15, 0.2) is 0 Å². The van der Waals surface area contributed by atoms with Crippen molar-refractivity contribution in [3.05, 3.63) is 0 Å². The summed E-state index contributed by atoms with van der Waals surface area (Å²) in [4.78, 5) is 12.1. The Hall–Kier alpha value is -0.610. The first-order valence-electron chi connectivity index (χ1n) is 7.36. The Bertz CT molecular complexity index is 269. The number of carbonyl (C=O) groups excluding carboxylic acids is 1. The van der Waals surface area contributed by atoms with Crippen LogP contribution < -0.4 is 10.6 Å². The van der Waals surface area contributed by atoms with E-state index >= 15 is 0 Å². The normalized spacial score (nSPS) is 32.9. The van der Waals surface area contributed by atoms with Crippen molar-refractivity contribution in [1.82, 2.24) is 10.6 Å². The number of ether oxygens (including phenoxy) is 1. The van der Waals surface area contributed by atoms with E-state index in [0.717, 1.165) is 12.3 Å². The molecule has 4 nitrogen and oxygen atoms in total. The standard InChI is InChI=1S/C14H26N2O2/c1-3-18-10(2)9-15-14(17)13-8-11-6-4-5-7-12(11)16-13/h10-13,16H,3-9H2,1-2H3,(H,15,17). The van der Waals surface area contributed by atoms with Crippen LogP contribution in [-0.2, 0) is 9.53 Å². The molecule has 1 aliphatic heterocycles. The van der Waals surface area contributed by atoms with Crippen LogP contribution in [0.4, 0.5) is 0 Å². The van der Waals surface area contributed by atoms with Gasteiger partial charge in [0.2, 0.25) is 5.91 Å². The molecule has 0 bridgehead atoms. The largest absolute Gasteiger partial charge is 0.377 e. The van der Waals surface area contributed by atoms with Crippen molar-refractivity contribution in [3.63, 3.8) is 0 Å². The Kier molecular flexibility index (Phi) is 5.01. The van der Waals surface area contributed by atoms with Crippen LogP contribution >= 0.6 is 0 Å². The van der Waals surface area contributed by atoms with E-state index in [1.807, 2.05) is 13.8 Å². The lowest BCUT2D eigenvalue weighted by Gasteiger charge is -2.24. The number of hydrogen-bond acceptors (Lipinski definition) is 3. The van der Waals surface area contributed by atoms with Gasteiger partial charge in [-0.25, -0.2) is 0 Å². The Morgan fingerprint density at radius 1 is 1.44 bits per heavy atom. The fourth-order valence-electron chi connectivity index (χ4n) is 3.23. The number of amides is 1. The Balaban J connectivity index is 1.73. The van der Waals surface area contributed by atoms with Crippen LogP contribution in [0.5, 0.6) is 0 Å². The molecule has 0 aromatic heterocycles. The molecule has 104 valence electrons. The van der Waals surface area contributed by atoms with Gasteiger partial charge in [-0.05, 0) is 39.0 Å². The van der Waals surface area contributed by atoms with E-state index in [4.69, 9.17) is 4.74 Å². The predicted molar refractivity (Wildman–Crippen MR) is 71.4 cm³/mol. The third-order valence-electron chi connectivity index (χ3n) is 4.19. The minimum Gasteiger partial charge on any atom is -0.377 e. The topological polar surface area (TPSA) is 50.4 Å². The number of rotatable bonds is 5. The van der Waals surface area contributed by atoms with Crippen LogP contribution in [0.2, 0.25) is 0 Å². The van der Waals surface area contributed by atoms with Gasteiger partial charge in [-0.15, -0.1) is 0 Å². The lowest BCUT2D eigenvalue weighted by Crippen LogP contribution is -2.45. The van der Waals surface area contributed by atoms with Gasteiger partial charge >= 0.3 is 0 Å². The highest BCUT2D eigenvalue weighted by Gasteiger charge is 2.38. The molecule has 2 rings (SSSR count). The minimum absolute atomic E-state index is 0.0203. The van der Waals surface area contributed by atoms with Crippen LogP contribution in [0.25, 0.3) is 0 Å². The lowest BCUT2D eigenvalue weighted by molar-refractivity contribution is -0.123. The summed E-state index contributed by atoms with van der Waals surface area (Å²) in [5, 5.41) is 6.49. The van der Waals surface area contributed by atoms with E-state index in [9.17, 15) is 4.79 Å². The quantitative estimate of drug-likeness (QED) is 0.780. The average Bonchev–Trinajstić information content (AvgIpc) is 2.80. The van der Waals surface area contributed by atoms with Crippen LogP contribution in [0.1, 0.15) is 46.0 Å². The van der Waals surface area contributed by atoms with Gasteiger partial charge in [0.25, 0.3) is 0 Å². The number of nitrogens with one attached hydrogen (secondary N) is 2. The van der Waals surface area contributed by atoms with E-state index < -0.39 is 0 Å². The van der Waals surface area contributed by atoms with Gasteiger partial charge in [0.05, 0.1) is 12.1 Å². The Labute approximate surface area is 110 Å². The summed E-state index contributed by atoms with van der Waals surface area (Å²) >= 11 is 0. The molecule has 4 atom stereocenters. The first kappa shape index (κ1) is 13.8. The van der Waals surface area contributed by atoms with Crippen molar-refractivity contribution >= 4 is 5.91 Å². The zero-order chi connectivity index (χ0) is 13.0. The summed E-state index contributed by atoms with van der Waals surface area (Å²) in [5.41, 5.74) is 0. The van der Waals surface area contributed by atoms with Gasteiger partial charge in [-0.3, -0.25) is 4.79 Å². The second-order valence-corrected chi connectivity index (χ2v) is 5.62. The molecule has 18 heavy (non-hydrogen) atoms. The SMILES string of the molecule is CCOC(C)CNC(=O)C1CC2CCCCC2N1. The molecule has 1 saturated heterocycles. The smallest absolute Gasteiger partial charge is 0.237 e. The number of hydrogen-bond donors (Lipinski definition) is 2. The first-order chi connectivity index (χ1) is 8.70. The van der Waals surface area contributed by atoms with Crippen molar-refractivity contribution in [2.45, 2.75) is 64.1 Å². The molecule has 0 radical (unpaired) electrons. The molecular weight excluding hydrogens is 228 g/mol. The van der Waals surface area contributed by atoms with E-state index in [1.54, 1.807) is 0 Å². The molecule has 2 N–H and O–H groups in total. The molecule has 2 aliphatic rings. The minimum atomic E-state index is 0.0203. The van der Waals surface area contributed by atoms with Crippen molar-refractivity contribution in [1.29, 1.82) is 0 Å². The van der Waals surface area contributed by atoms with E-state index in [1.165, 1.54) is 25.7 Å². The van der Waals surface area contributed by atoms with Crippen molar-refractivity contribution < 1.29 is 9.53 Å². The maximum absolute atomic E-state index is 12.1. The molecule has 1 aliphatic carbocycles. The van der Waals surface area contributed by atoms with Crippen molar-refractivity contribution in [2.75, 3.05) is 13.2 Å². The highest BCUT2D eigenvalue weighted by molar-refractivity contribution is 5.82. The molecule has 1 saturated carbocycles. The van der Waals surface area contributed by atoms with Crippen molar-refractivity contribution in [2.24, 2.45) is 5.92 Å². The second kappa shape index (κ2) is 6.53. The molecular formula is C14H26N2O2. The third-order valence-corrected chi connectivity index (χ3v) is 4.19. The second-order valence-electron chi connectivity index (χ2n) is 5.62. The Morgan fingerprint density at radius 2 is 2.22 bits per heavy atom. The molecule has 1 amide bonds. The van der Waals surface area contributed by atoms with Crippen LogP contribution in [0.15, 0.2) is 0 Å². The van der Waals surface area contributed by atoms with E-state index in [-0.39, 0.29) is 18.1 Å². The monoisotopic (exact) mass is 254 g/mol. The highest BCUT2D eigenvalue weighted by Crippen LogP contribution is 2.33. The van der Waals surface area contributed by atoms with E-state index in [2.05, 4.69) is 10.6 Å². The summed E-state index contributed by atoms with van der Waals surface area (Å²) in [6, 6.07) is 0.603. The van der Waals surface area contributed by atoms with Crippen LogP contribution in [0, 0.1) is 5.92 Å². The predicted octanol–water partition coefficient (Wildman–Crippen LogP) is 1.45. The average molecular weight is 254 g/mol. The summed E-state index contributed by atoms with van der Waals surface area (Å²) in [7, 11) is 0. The summed E-state index contributed by atoms with van der Waals surface area (Å²) in [5.74, 6) is 0.870.